The number of esters is 2. The van der Waals surface area contributed by atoms with E-state index in [2.05, 4.69) is 26.0 Å². The topological polar surface area (TPSA) is 102 Å². The molecular formula is C46H81NO7. The van der Waals surface area contributed by atoms with Gasteiger partial charge in [-0.05, 0) is 32.1 Å². The van der Waals surface area contributed by atoms with Gasteiger partial charge in [0.1, 0.15) is 12.6 Å². The number of hydrogen-bond acceptors (Lipinski definition) is 7. The number of aliphatic carboxylic acids is 1. The fourth-order valence-electron chi connectivity index (χ4n) is 6.20. The highest BCUT2D eigenvalue weighted by molar-refractivity contribution is 5.70. The molecule has 0 saturated heterocycles. The van der Waals surface area contributed by atoms with Crippen molar-refractivity contribution in [1.29, 1.82) is 0 Å². The maximum absolute atomic E-state index is 12.7. The van der Waals surface area contributed by atoms with Crippen molar-refractivity contribution in [1.82, 2.24) is 0 Å². The van der Waals surface area contributed by atoms with Crippen molar-refractivity contribution in [3.63, 3.8) is 0 Å². The van der Waals surface area contributed by atoms with E-state index in [1.165, 1.54) is 89.9 Å². The summed E-state index contributed by atoms with van der Waals surface area (Å²) in [6.45, 7) is 4.48. The van der Waals surface area contributed by atoms with Crippen molar-refractivity contribution in [3.8, 4) is 0 Å². The molecule has 8 heteroatoms. The van der Waals surface area contributed by atoms with E-state index in [0.29, 0.717) is 12.8 Å². The number of carboxylic acid groups (broad SMARTS) is 1. The van der Waals surface area contributed by atoms with Gasteiger partial charge in [0.2, 0.25) is 0 Å². The zero-order valence-corrected chi connectivity index (χ0v) is 35.4. The van der Waals surface area contributed by atoms with Crippen LogP contribution in [-0.2, 0) is 28.6 Å². The van der Waals surface area contributed by atoms with Gasteiger partial charge in [0.15, 0.2) is 6.10 Å². The summed E-state index contributed by atoms with van der Waals surface area (Å²) in [4.78, 5) is 36.8. The summed E-state index contributed by atoms with van der Waals surface area (Å²) in [7, 11) is 5.39. The number of nitrogens with zero attached hydrogens (tertiary/aromatic N) is 1. The van der Waals surface area contributed by atoms with Crippen LogP contribution in [0.5, 0.6) is 0 Å². The molecular weight excluding hydrogens is 679 g/mol. The summed E-state index contributed by atoms with van der Waals surface area (Å²) < 4.78 is 17.1. The zero-order valence-electron chi connectivity index (χ0n) is 35.4. The van der Waals surface area contributed by atoms with Crippen molar-refractivity contribution in [3.05, 3.63) is 48.6 Å². The number of carboxylic acids is 1. The van der Waals surface area contributed by atoms with Crippen molar-refractivity contribution in [2.24, 2.45) is 0 Å². The van der Waals surface area contributed by atoms with E-state index in [0.717, 1.165) is 51.4 Å². The number of ether oxygens (including phenoxy) is 3. The highest BCUT2D eigenvalue weighted by Gasteiger charge is 2.25. The lowest BCUT2D eigenvalue weighted by atomic mass is 10.0. The summed E-state index contributed by atoms with van der Waals surface area (Å²) in [5.41, 5.74) is 0. The molecule has 0 aromatic heterocycles. The molecule has 0 aliphatic heterocycles. The van der Waals surface area contributed by atoms with E-state index in [-0.39, 0.29) is 42.7 Å². The number of rotatable bonds is 38. The van der Waals surface area contributed by atoms with Gasteiger partial charge in [-0.3, -0.25) is 9.59 Å². The number of quaternary nitrogens is 1. The fourth-order valence-corrected chi connectivity index (χ4v) is 6.20. The van der Waals surface area contributed by atoms with Gasteiger partial charge in [-0.1, -0.05) is 172 Å². The molecule has 312 valence electrons. The van der Waals surface area contributed by atoms with Crippen LogP contribution in [0.2, 0.25) is 0 Å². The minimum absolute atomic E-state index is 0.0288. The third-order valence-electron chi connectivity index (χ3n) is 9.57. The molecule has 0 aliphatic rings. The Morgan fingerprint density at radius 3 is 1.54 bits per heavy atom. The molecule has 0 heterocycles. The van der Waals surface area contributed by atoms with Crippen molar-refractivity contribution < 1.29 is 38.2 Å². The molecule has 8 nitrogen and oxygen atoms in total. The first-order valence-electron chi connectivity index (χ1n) is 21.7. The Labute approximate surface area is 331 Å². The molecule has 0 N–H and O–H groups in total. The Hall–Kier alpha value is -2.71. The summed E-state index contributed by atoms with van der Waals surface area (Å²) in [6.07, 6.45) is 42.8. The van der Waals surface area contributed by atoms with Crippen LogP contribution in [0.4, 0.5) is 0 Å². The second-order valence-corrected chi connectivity index (χ2v) is 15.7. The summed E-state index contributed by atoms with van der Waals surface area (Å²) >= 11 is 0. The predicted octanol–water partition coefficient (Wildman–Crippen LogP) is 10.3. The zero-order chi connectivity index (χ0) is 40.0. The van der Waals surface area contributed by atoms with E-state index in [1.807, 2.05) is 36.5 Å². The van der Waals surface area contributed by atoms with Crippen LogP contribution in [0.3, 0.4) is 0 Å². The lowest BCUT2D eigenvalue weighted by Crippen LogP contribution is -2.55. The van der Waals surface area contributed by atoms with Crippen LogP contribution in [0.1, 0.15) is 174 Å². The molecule has 0 rings (SSSR count). The molecule has 0 spiro atoms. The van der Waals surface area contributed by atoms with Crippen molar-refractivity contribution in [2.45, 2.75) is 187 Å². The van der Waals surface area contributed by atoms with Crippen LogP contribution in [-0.4, -0.2) is 75.5 Å². The van der Waals surface area contributed by atoms with Gasteiger partial charge < -0.3 is 28.6 Å². The molecule has 54 heavy (non-hydrogen) atoms. The van der Waals surface area contributed by atoms with Gasteiger partial charge in [0.25, 0.3) is 0 Å². The van der Waals surface area contributed by atoms with Gasteiger partial charge in [-0.15, -0.1) is 0 Å². The van der Waals surface area contributed by atoms with Gasteiger partial charge in [-0.2, -0.15) is 0 Å². The third kappa shape index (κ3) is 35.0. The standard InChI is InChI=1S/C46H81NO7/c1-6-8-10-12-14-16-18-20-21-22-23-25-27-29-31-33-35-37-45(49)54-42(40-52-39-38-43(46(50)51)47(3,4)5)41-53-44(48)36-34-32-30-28-26-24-19-17-15-13-11-9-7-2/h9,11,13,15,17,19,24,26,42-43H,6-8,10,12,14,16,18,20-23,25,27-41H2,1-5H3/b11-9+,15-13+,19-17+,26-24+. The van der Waals surface area contributed by atoms with Gasteiger partial charge in [0, 0.05) is 19.3 Å². The monoisotopic (exact) mass is 760 g/mol. The molecule has 0 aromatic carbocycles. The third-order valence-corrected chi connectivity index (χ3v) is 9.57. The summed E-state index contributed by atoms with van der Waals surface area (Å²) in [6, 6.07) is -0.731. The lowest BCUT2D eigenvalue weighted by Gasteiger charge is -2.34. The maximum Gasteiger partial charge on any atom is 0.306 e. The van der Waals surface area contributed by atoms with Crippen LogP contribution < -0.4 is 5.11 Å². The molecule has 0 amide bonds. The number of likely N-dealkylation sites (N-methyl/N-ethyl adjacent to an activating group) is 1. The van der Waals surface area contributed by atoms with Gasteiger partial charge in [0.05, 0.1) is 40.3 Å². The minimum atomic E-state index is -1.13. The smallest absolute Gasteiger partial charge is 0.306 e. The van der Waals surface area contributed by atoms with E-state index in [4.69, 9.17) is 14.2 Å². The van der Waals surface area contributed by atoms with Crippen LogP contribution >= 0.6 is 0 Å². The molecule has 0 fully saturated rings. The molecule has 0 radical (unpaired) electrons. The Balaban J connectivity index is 4.38. The highest BCUT2D eigenvalue weighted by atomic mass is 16.6. The molecule has 0 aromatic rings. The van der Waals surface area contributed by atoms with E-state index >= 15 is 0 Å². The van der Waals surface area contributed by atoms with Crippen LogP contribution in [0.25, 0.3) is 0 Å². The Morgan fingerprint density at radius 2 is 1.04 bits per heavy atom. The van der Waals surface area contributed by atoms with Crippen molar-refractivity contribution in [2.75, 3.05) is 41.0 Å². The predicted molar refractivity (Wildman–Crippen MR) is 222 cm³/mol. The number of carbonyl (C=O) groups excluding carboxylic acids is 3. The molecule has 0 bridgehead atoms. The Morgan fingerprint density at radius 1 is 0.574 bits per heavy atom. The Kier molecular flexibility index (Phi) is 35.4. The highest BCUT2D eigenvalue weighted by Crippen LogP contribution is 2.15. The quantitative estimate of drug-likeness (QED) is 0.0267. The second kappa shape index (κ2) is 37.2. The average Bonchev–Trinajstić information content (AvgIpc) is 3.12. The first-order chi connectivity index (χ1) is 26.1. The number of allylic oxidation sites excluding steroid dienone is 8. The first-order valence-corrected chi connectivity index (χ1v) is 21.7. The fraction of sp³-hybridized carbons (Fsp3) is 0.761. The first kappa shape index (κ1) is 51.3. The van der Waals surface area contributed by atoms with E-state index in [9.17, 15) is 19.5 Å². The molecule has 0 saturated carbocycles. The number of hydrogen-bond donors (Lipinski definition) is 0. The normalized spacial score (nSPS) is 13.4. The summed E-state index contributed by atoms with van der Waals surface area (Å²) in [5.74, 6) is -1.78. The molecule has 2 unspecified atom stereocenters. The second-order valence-electron chi connectivity index (χ2n) is 15.7. The number of carbonyl (C=O) groups is 3. The lowest BCUT2D eigenvalue weighted by molar-refractivity contribution is -0.889. The van der Waals surface area contributed by atoms with Crippen molar-refractivity contribution >= 4 is 17.9 Å². The Bertz CT molecular complexity index is 1030. The number of unbranched alkanes of at least 4 members (excludes halogenated alkanes) is 19. The van der Waals surface area contributed by atoms with Gasteiger partial charge in [-0.25, -0.2) is 0 Å². The maximum atomic E-state index is 12.7. The molecule has 2 atom stereocenters. The SMILES string of the molecule is CC/C=C/C=C/C=C/C=C/CCCCCC(=O)OCC(COCCC(C(=O)[O-])[N+](C)(C)C)OC(=O)CCCCCCCCCCCCCCCCCCC. The van der Waals surface area contributed by atoms with Crippen LogP contribution in [0.15, 0.2) is 48.6 Å². The molecule has 0 aliphatic carbocycles. The minimum Gasteiger partial charge on any atom is -0.544 e. The largest absolute Gasteiger partial charge is 0.544 e. The van der Waals surface area contributed by atoms with Gasteiger partial charge >= 0.3 is 11.9 Å². The summed E-state index contributed by atoms with van der Waals surface area (Å²) in [5, 5.41) is 11.6. The van der Waals surface area contributed by atoms with E-state index < -0.39 is 18.1 Å². The van der Waals surface area contributed by atoms with E-state index in [1.54, 1.807) is 21.1 Å². The van der Waals surface area contributed by atoms with Crippen LogP contribution in [0, 0.1) is 0 Å². The average molecular weight is 760 g/mol.